The molecule has 5 N–H and O–H groups in total. The number of carbonyl (C=O) groups is 2. The highest BCUT2D eigenvalue weighted by Gasteiger charge is 2.03. The van der Waals surface area contributed by atoms with Crippen LogP contribution in [0.5, 0.6) is 0 Å². The molecule has 1 aromatic rings. The van der Waals surface area contributed by atoms with Crippen LogP contribution in [0.3, 0.4) is 0 Å². The van der Waals surface area contributed by atoms with E-state index < -0.39 is 5.91 Å². The number of rotatable bonds is 5. The summed E-state index contributed by atoms with van der Waals surface area (Å²) >= 11 is 0. The van der Waals surface area contributed by atoms with Gasteiger partial charge in [-0.3, -0.25) is 14.3 Å². The molecular formula is C8H13N5O2. The van der Waals surface area contributed by atoms with Crippen molar-refractivity contribution in [3.63, 3.8) is 0 Å². The second kappa shape index (κ2) is 4.99. The maximum atomic E-state index is 11.2. The Morgan fingerprint density at radius 1 is 1.53 bits per heavy atom. The lowest BCUT2D eigenvalue weighted by Crippen LogP contribution is -2.30. The molecule has 0 aromatic carbocycles. The second-order valence-corrected chi connectivity index (χ2v) is 3.04. The molecule has 0 saturated carbocycles. The van der Waals surface area contributed by atoms with E-state index in [4.69, 9.17) is 11.5 Å². The van der Waals surface area contributed by atoms with Crippen LogP contribution in [-0.2, 0) is 16.1 Å². The molecule has 82 valence electrons. The fraction of sp³-hybridized carbons (Fsp3) is 0.375. The van der Waals surface area contributed by atoms with E-state index in [1.54, 1.807) is 6.20 Å². The van der Waals surface area contributed by atoms with E-state index in [9.17, 15) is 9.59 Å². The van der Waals surface area contributed by atoms with E-state index in [1.807, 2.05) is 0 Å². The Kier molecular flexibility index (Phi) is 3.67. The average molecular weight is 211 g/mol. The zero-order valence-electron chi connectivity index (χ0n) is 8.14. The van der Waals surface area contributed by atoms with Gasteiger partial charge in [-0.1, -0.05) is 0 Å². The Hall–Kier alpha value is -2.05. The standard InChI is InChI=1S/C8H13N5O2/c9-6-3-12-13(4-6)5-8(15)11-2-1-7(10)14/h3-4H,1-2,5,9H2,(H2,10,14)(H,11,15). The van der Waals surface area contributed by atoms with Gasteiger partial charge in [0, 0.05) is 19.2 Å². The van der Waals surface area contributed by atoms with Gasteiger partial charge in [0.2, 0.25) is 11.8 Å². The summed E-state index contributed by atoms with van der Waals surface area (Å²) in [6.07, 6.45) is 3.14. The summed E-state index contributed by atoms with van der Waals surface area (Å²) < 4.78 is 1.41. The van der Waals surface area contributed by atoms with Crippen LogP contribution in [0.15, 0.2) is 12.4 Å². The molecule has 1 aromatic heterocycles. The summed E-state index contributed by atoms with van der Waals surface area (Å²) in [5.74, 6) is -0.682. The van der Waals surface area contributed by atoms with Crippen LogP contribution in [0.1, 0.15) is 6.42 Å². The predicted molar refractivity (Wildman–Crippen MR) is 53.5 cm³/mol. The molecule has 15 heavy (non-hydrogen) atoms. The highest BCUT2D eigenvalue weighted by Crippen LogP contribution is 1.96. The van der Waals surface area contributed by atoms with E-state index in [0.29, 0.717) is 5.69 Å². The van der Waals surface area contributed by atoms with Gasteiger partial charge in [0.15, 0.2) is 0 Å². The smallest absolute Gasteiger partial charge is 0.241 e. The minimum absolute atomic E-state index is 0.0793. The van der Waals surface area contributed by atoms with Crippen LogP contribution in [0.4, 0.5) is 5.69 Å². The maximum Gasteiger partial charge on any atom is 0.241 e. The zero-order chi connectivity index (χ0) is 11.3. The molecule has 0 unspecified atom stereocenters. The number of aromatic nitrogens is 2. The number of nitrogens with one attached hydrogen (secondary N) is 1. The number of anilines is 1. The topological polar surface area (TPSA) is 116 Å². The minimum Gasteiger partial charge on any atom is -0.396 e. The second-order valence-electron chi connectivity index (χ2n) is 3.04. The van der Waals surface area contributed by atoms with Gasteiger partial charge in [-0.15, -0.1) is 0 Å². The van der Waals surface area contributed by atoms with E-state index in [1.165, 1.54) is 10.9 Å². The fourth-order valence-corrected chi connectivity index (χ4v) is 0.994. The molecule has 0 atom stereocenters. The third kappa shape index (κ3) is 4.12. The van der Waals surface area contributed by atoms with E-state index >= 15 is 0 Å². The van der Waals surface area contributed by atoms with Crippen molar-refractivity contribution in [1.82, 2.24) is 15.1 Å². The van der Waals surface area contributed by atoms with Crippen molar-refractivity contribution >= 4 is 17.5 Å². The van der Waals surface area contributed by atoms with E-state index in [-0.39, 0.29) is 25.4 Å². The number of nitrogen functional groups attached to an aromatic ring is 1. The summed E-state index contributed by atoms with van der Waals surface area (Å²) in [6, 6.07) is 0. The summed E-state index contributed by atoms with van der Waals surface area (Å²) in [7, 11) is 0. The molecule has 7 heteroatoms. The Morgan fingerprint density at radius 3 is 2.80 bits per heavy atom. The average Bonchev–Trinajstić information content (AvgIpc) is 2.50. The van der Waals surface area contributed by atoms with Gasteiger partial charge in [-0.05, 0) is 0 Å². The quantitative estimate of drug-likeness (QED) is 0.547. The zero-order valence-corrected chi connectivity index (χ0v) is 8.14. The first-order valence-electron chi connectivity index (χ1n) is 4.41. The number of amides is 2. The Labute approximate surface area is 86.4 Å². The largest absolute Gasteiger partial charge is 0.396 e. The normalized spacial score (nSPS) is 9.87. The Balaban J connectivity index is 2.27. The van der Waals surface area contributed by atoms with Crippen LogP contribution in [0.2, 0.25) is 0 Å². The van der Waals surface area contributed by atoms with Crippen LogP contribution in [-0.4, -0.2) is 28.1 Å². The van der Waals surface area contributed by atoms with Crippen molar-refractivity contribution in [3.05, 3.63) is 12.4 Å². The van der Waals surface area contributed by atoms with Gasteiger partial charge in [0.05, 0.1) is 11.9 Å². The number of primary amides is 1. The first-order chi connectivity index (χ1) is 7.08. The summed E-state index contributed by atoms with van der Waals surface area (Å²) in [4.78, 5) is 21.6. The molecule has 0 saturated heterocycles. The van der Waals surface area contributed by atoms with Gasteiger partial charge < -0.3 is 16.8 Å². The van der Waals surface area contributed by atoms with Crippen LogP contribution < -0.4 is 16.8 Å². The number of hydrogen-bond donors (Lipinski definition) is 3. The van der Waals surface area contributed by atoms with Crippen LogP contribution >= 0.6 is 0 Å². The predicted octanol–water partition coefficient (Wildman–Crippen LogP) is -1.54. The Morgan fingerprint density at radius 2 is 2.27 bits per heavy atom. The maximum absolute atomic E-state index is 11.2. The molecule has 1 rings (SSSR count). The van der Waals surface area contributed by atoms with E-state index in [2.05, 4.69) is 10.4 Å². The summed E-state index contributed by atoms with van der Waals surface area (Å²) in [5.41, 5.74) is 10.8. The first kappa shape index (κ1) is 11.0. The molecular weight excluding hydrogens is 198 g/mol. The monoisotopic (exact) mass is 211 g/mol. The van der Waals surface area contributed by atoms with Gasteiger partial charge in [-0.2, -0.15) is 5.10 Å². The van der Waals surface area contributed by atoms with Crippen molar-refractivity contribution in [1.29, 1.82) is 0 Å². The van der Waals surface area contributed by atoms with Crippen LogP contribution in [0, 0.1) is 0 Å². The Bertz CT molecular complexity index is 360. The van der Waals surface area contributed by atoms with Gasteiger partial charge in [0.1, 0.15) is 6.54 Å². The molecule has 0 radical (unpaired) electrons. The van der Waals surface area contributed by atoms with Gasteiger partial charge >= 0.3 is 0 Å². The number of carbonyl (C=O) groups excluding carboxylic acids is 2. The highest BCUT2D eigenvalue weighted by atomic mass is 16.2. The molecule has 0 bridgehead atoms. The van der Waals surface area contributed by atoms with Crippen molar-refractivity contribution in [3.8, 4) is 0 Å². The summed E-state index contributed by atoms with van der Waals surface area (Å²) in [5, 5.41) is 6.37. The highest BCUT2D eigenvalue weighted by molar-refractivity contribution is 5.77. The van der Waals surface area contributed by atoms with E-state index in [0.717, 1.165) is 0 Å². The summed E-state index contributed by atoms with van der Waals surface area (Å²) in [6.45, 7) is 0.320. The molecule has 0 aliphatic heterocycles. The lowest BCUT2D eigenvalue weighted by molar-refractivity contribution is -0.122. The fourth-order valence-electron chi connectivity index (χ4n) is 0.994. The molecule has 2 amide bonds. The lowest BCUT2D eigenvalue weighted by atomic mass is 10.4. The van der Waals surface area contributed by atoms with Crippen molar-refractivity contribution in [2.24, 2.45) is 5.73 Å². The molecule has 7 nitrogen and oxygen atoms in total. The number of nitrogens with zero attached hydrogens (tertiary/aromatic N) is 2. The minimum atomic E-state index is -0.446. The van der Waals surface area contributed by atoms with Crippen molar-refractivity contribution in [2.75, 3.05) is 12.3 Å². The van der Waals surface area contributed by atoms with Gasteiger partial charge in [-0.25, -0.2) is 0 Å². The molecule has 1 heterocycles. The number of nitrogens with two attached hydrogens (primary N) is 2. The molecule has 0 aliphatic rings. The first-order valence-corrected chi connectivity index (χ1v) is 4.41. The molecule has 0 spiro atoms. The number of hydrogen-bond acceptors (Lipinski definition) is 4. The van der Waals surface area contributed by atoms with Crippen LogP contribution in [0.25, 0.3) is 0 Å². The third-order valence-electron chi connectivity index (χ3n) is 1.65. The van der Waals surface area contributed by atoms with Gasteiger partial charge in [0.25, 0.3) is 0 Å². The SMILES string of the molecule is NC(=O)CCNC(=O)Cn1cc(N)cn1. The lowest BCUT2D eigenvalue weighted by Gasteiger charge is -2.03. The third-order valence-corrected chi connectivity index (χ3v) is 1.65. The van der Waals surface area contributed by atoms with Crippen molar-refractivity contribution < 1.29 is 9.59 Å². The van der Waals surface area contributed by atoms with Crippen molar-refractivity contribution in [2.45, 2.75) is 13.0 Å². The molecule has 0 fully saturated rings. The molecule has 0 aliphatic carbocycles.